The SMILES string of the molecule is Cc1ccc(N2C(=O)N[C@H]3C[C@]2(C)Oc2ccccc23)cc1C. The normalized spacial score (nSPS) is 25.4. The highest BCUT2D eigenvalue weighted by Gasteiger charge is 2.49. The molecule has 2 bridgehead atoms. The molecule has 0 aliphatic carbocycles. The van der Waals surface area contributed by atoms with Crippen LogP contribution < -0.4 is 15.0 Å². The maximum absolute atomic E-state index is 12.8. The van der Waals surface area contributed by atoms with Gasteiger partial charge in [0, 0.05) is 17.7 Å². The Hall–Kier alpha value is -2.49. The van der Waals surface area contributed by atoms with E-state index in [9.17, 15) is 4.79 Å². The number of benzene rings is 2. The molecule has 0 radical (unpaired) electrons. The number of amides is 2. The van der Waals surface area contributed by atoms with Crippen molar-refractivity contribution in [2.24, 2.45) is 0 Å². The monoisotopic (exact) mass is 308 g/mol. The second kappa shape index (κ2) is 4.75. The first kappa shape index (κ1) is 14.1. The first-order chi connectivity index (χ1) is 11.0. The lowest BCUT2D eigenvalue weighted by atomic mass is 9.90. The van der Waals surface area contributed by atoms with Crippen LogP contribution in [0, 0.1) is 13.8 Å². The molecule has 1 saturated heterocycles. The lowest BCUT2D eigenvalue weighted by Gasteiger charge is -2.50. The minimum absolute atomic E-state index is 0.000227. The van der Waals surface area contributed by atoms with Crippen molar-refractivity contribution in [1.82, 2.24) is 5.32 Å². The zero-order valence-electron chi connectivity index (χ0n) is 13.6. The Morgan fingerprint density at radius 1 is 1.17 bits per heavy atom. The van der Waals surface area contributed by atoms with E-state index in [-0.39, 0.29) is 12.1 Å². The first-order valence-corrected chi connectivity index (χ1v) is 7.94. The third-order valence-corrected chi connectivity index (χ3v) is 4.93. The molecule has 0 aromatic heterocycles. The van der Waals surface area contributed by atoms with Crippen molar-refractivity contribution in [3.05, 3.63) is 59.2 Å². The number of nitrogens with zero attached hydrogens (tertiary/aromatic N) is 1. The maximum atomic E-state index is 12.8. The zero-order valence-corrected chi connectivity index (χ0v) is 13.6. The number of aryl methyl sites for hydroxylation is 2. The van der Waals surface area contributed by atoms with E-state index in [0.717, 1.165) is 29.0 Å². The highest BCUT2D eigenvalue weighted by Crippen LogP contribution is 2.45. The van der Waals surface area contributed by atoms with Crippen LogP contribution in [0.3, 0.4) is 0 Å². The molecule has 4 nitrogen and oxygen atoms in total. The Bertz CT molecular complexity index is 802. The minimum atomic E-state index is -0.678. The fourth-order valence-corrected chi connectivity index (χ4v) is 3.58. The second-order valence-corrected chi connectivity index (χ2v) is 6.63. The highest BCUT2D eigenvalue weighted by atomic mass is 16.5. The third-order valence-electron chi connectivity index (χ3n) is 4.93. The molecule has 2 aliphatic rings. The number of carbonyl (C=O) groups is 1. The summed E-state index contributed by atoms with van der Waals surface area (Å²) >= 11 is 0. The number of fused-ring (bicyclic) bond motifs is 4. The van der Waals surface area contributed by atoms with E-state index >= 15 is 0 Å². The van der Waals surface area contributed by atoms with Crippen LogP contribution in [0.25, 0.3) is 0 Å². The van der Waals surface area contributed by atoms with Crippen molar-refractivity contribution in [2.45, 2.75) is 39.0 Å². The average molecular weight is 308 g/mol. The van der Waals surface area contributed by atoms with Crippen LogP contribution >= 0.6 is 0 Å². The summed E-state index contributed by atoms with van der Waals surface area (Å²) in [5, 5.41) is 3.12. The average Bonchev–Trinajstić information content (AvgIpc) is 2.50. The van der Waals surface area contributed by atoms with Gasteiger partial charge in [-0.2, -0.15) is 0 Å². The van der Waals surface area contributed by atoms with Gasteiger partial charge < -0.3 is 10.1 Å². The zero-order chi connectivity index (χ0) is 16.2. The molecule has 118 valence electrons. The number of nitrogens with one attached hydrogen (secondary N) is 1. The molecule has 1 fully saturated rings. The Balaban J connectivity index is 1.81. The van der Waals surface area contributed by atoms with Crippen LogP contribution in [-0.2, 0) is 0 Å². The highest BCUT2D eigenvalue weighted by molar-refractivity contribution is 5.95. The van der Waals surface area contributed by atoms with E-state index in [4.69, 9.17) is 4.74 Å². The molecule has 1 N–H and O–H groups in total. The van der Waals surface area contributed by atoms with E-state index in [1.54, 1.807) is 4.90 Å². The van der Waals surface area contributed by atoms with E-state index in [2.05, 4.69) is 19.2 Å². The lowest BCUT2D eigenvalue weighted by Crippen LogP contribution is -2.65. The molecular formula is C19H20N2O2. The van der Waals surface area contributed by atoms with Crippen molar-refractivity contribution in [1.29, 1.82) is 0 Å². The van der Waals surface area contributed by atoms with Crippen LogP contribution in [0.15, 0.2) is 42.5 Å². The number of carbonyl (C=O) groups excluding carboxylic acids is 1. The molecule has 4 heteroatoms. The number of urea groups is 1. The van der Waals surface area contributed by atoms with Crippen molar-refractivity contribution in [2.75, 3.05) is 4.90 Å². The third kappa shape index (κ3) is 2.09. The van der Waals surface area contributed by atoms with Gasteiger partial charge in [0.15, 0.2) is 5.72 Å². The Kier molecular flexibility index (Phi) is 2.92. The molecule has 0 spiro atoms. The summed E-state index contributed by atoms with van der Waals surface area (Å²) in [6.45, 7) is 6.12. The standard InChI is InChI=1S/C19H20N2O2/c1-12-8-9-14(10-13(12)2)21-18(22)20-16-11-19(21,3)23-17-7-5-4-6-15(16)17/h4-10,16H,11H2,1-3H3,(H,20,22)/t16-,19-/m0/s1. The van der Waals surface area contributed by atoms with Gasteiger partial charge in [0.05, 0.1) is 6.04 Å². The molecule has 0 unspecified atom stereocenters. The van der Waals surface area contributed by atoms with Gasteiger partial charge >= 0.3 is 6.03 Å². The van der Waals surface area contributed by atoms with Gasteiger partial charge in [-0.25, -0.2) is 4.79 Å². The summed E-state index contributed by atoms with van der Waals surface area (Å²) in [6, 6.07) is 13.9. The summed E-state index contributed by atoms with van der Waals surface area (Å²) in [7, 11) is 0. The minimum Gasteiger partial charge on any atom is -0.467 e. The molecule has 2 amide bonds. The Morgan fingerprint density at radius 3 is 2.74 bits per heavy atom. The quantitative estimate of drug-likeness (QED) is 0.862. The Morgan fingerprint density at radius 2 is 1.96 bits per heavy atom. The van der Waals surface area contributed by atoms with Gasteiger partial charge in [0.2, 0.25) is 0 Å². The molecule has 4 rings (SSSR count). The molecule has 2 aliphatic heterocycles. The maximum Gasteiger partial charge on any atom is 0.325 e. The van der Waals surface area contributed by atoms with Crippen LogP contribution in [0.4, 0.5) is 10.5 Å². The van der Waals surface area contributed by atoms with Crippen molar-refractivity contribution < 1.29 is 9.53 Å². The molecule has 2 heterocycles. The second-order valence-electron chi connectivity index (χ2n) is 6.63. The largest absolute Gasteiger partial charge is 0.467 e. The van der Waals surface area contributed by atoms with Crippen LogP contribution in [0.5, 0.6) is 5.75 Å². The van der Waals surface area contributed by atoms with Gasteiger partial charge in [0.25, 0.3) is 0 Å². The molecule has 2 aromatic rings. The van der Waals surface area contributed by atoms with Crippen molar-refractivity contribution in [3.8, 4) is 5.75 Å². The van der Waals surface area contributed by atoms with E-state index < -0.39 is 5.72 Å². The molecule has 0 saturated carbocycles. The van der Waals surface area contributed by atoms with E-state index in [0.29, 0.717) is 0 Å². The first-order valence-electron chi connectivity index (χ1n) is 7.94. The van der Waals surface area contributed by atoms with Crippen molar-refractivity contribution >= 4 is 11.7 Å². The number of rotatable bonds is 1. The van der Waals surface area contributed by atoms with E-state index in [1.165, 1.54) is 5.56 Å². The summed E-state index contributed by atoms with van der Waals surface area (Å²) in [6.07, 6.45) is 0.725. The van der Waals surface area contributed by atoms with Crippen LogP contribution in [0.2, 0.25) is 0 Å². The molecule has 2 aromatic carbocycles. The van der Waals surface area contributed by atoms with Gasteiger partial charge in [-0.05, 0) is 50.1 Å². The predicted octanol–water partition coefficient (Wildman–Crippen LogP) is 4.07. The topological polar surface area (TPSA) is 41.6 Å². The molecular weight excluding hydrogens is 288 g/mol. The Labute approximate surface area is 136 Å². The molecule has 2 atom stereocenters. The smallest absolute Gasteiger partial charge is 0.325 e. The van der Waals surface area contributed by atoms with Gasteiger partial charge in [-0.3, -0.25) is 4.90 Å². The van der Waals surface area contributed by atoms with Crippen molar-refractivity contribution in [3.63, 3.8) is 0 Å². The van der Waals surface area contributed by atoms with Crippen LogP contribution in [0.1, 0.15) is 36.1 Å². The fourth-order valence-electron chi connectivity index (χ4n) is 3.58. The lowest BCUT2D eigenvalue weighted by molar-refractivity contribution is 0.0379. The van der Waals surface area contributed by atoms with Gasteiger partial charge in [-0.15, -0.1) is 0 Å². The number of hydrogen-bond donors (Lipinski definition) is 1. The summed E-state index contributed by atoms with van der Waals surface area (Å²) in [4.78, 5) is 14.5. The number of anilines is 1. The summed E-state index contributed by atoms with van der Waals surface area (Å²) < 4.78 is 6.26. The van der Waals surface area contributed by atoms with Crippen LogP contribution in [-0.4, -0.2) is 11.8 Å². The van der Waals surface area contributed by atoms with E-state index in [1.807, 2.05) is 49.4 Å². The fraction of sp³-hybridized carbons (Fsp3) is 0.316. The van der Waals surface area contributed by atoms with Gasteiger partial charge in [0.1, 0.15) is 5.75 Å². The number of para-hydroxylation sites is 1. The summed E-state index contributed by atoms with van der Waals surface area (Å²) in [5.74, 6) is 0.847. The predicted molar refractivity (Wildman–Crippen MR) is 89.8 cm³/mol. The van der Waals surface area contributed by atoms with Gasteiger partial charge in [-0.1, -0.05) is 24.3 Å². The summed E-state index contributed by atoms with van der Waals surface area (Å²) in [5.41, 5.74) is 3.62. The number of ether oxygens (including phenoxy) is 1. The number of hydrogen-bond acceptors (Lipinski definition) is 2. The molecule has 23 heavy (non-hydrogen) atoms.